The van der Waals surface area contributed by atoms with Crippen molar-refractivity contribution in [2.45, 2.75) is 0 Å². The summed E-state index contributed by atoms with van der Waals surface area (Å²) < 4.78 is 19.7. The molecule has 0 unspecified atom stereocenters. The molecule has 25 heavy (non-hydrogen) atoms. The van der Waals surface area contributed by atoms with Gasteiger partial charge < -0.3 is 14.7 Å². The Balaban J connectivity index is 1.68. The minimum Gasteiger partial charge on any atom is -0.396 e. The Hall–Kier alpha value is -2.24. The first-order valence-corrected chi connectivity index (χ1v) is 8.46. The number of aliphatic hydroxyl groups is 1. The highest BCUT2D eigenvalue weighted by Gasteiger charge is 2.51. The number of halogens is 1. The zero-order valence-electron chi connectivity index (χ0n) is 13.8. The minimum absolute atomic E-state index is 0.0103. The smallest absolute Gasteiger partial charge is 0.254 e. The summed E-state index contributed by atoms with van der Waals surface area (Å²) in [4.78, 5) is 14.9. The van der Waals surface area contributed by atoms with Gasteiger partial charge in [0.2, 0.25) is 0 Å². The van der Waals surface area contributed by atoms with Crippen LogP contribution in [0.25, 0.3) is 11.1 Å². The molecule has 0 aromatic heterocycles. The average Bonchev–Trinajstić information content (AvgIpc) is 3.19. The Labute approximate surface area is 145 Å². The van der Waals surface area contributed by atoms with Gasteiger partial charge in [0.1, 0.15) is 5.82 Å². The largest absolute Gasteiger partial charge is 0.396 e. The van der Waals surface area contributed by atoms with Gasteiger partial charge in [0.05, 0.1) is 19.8 Å². The molecule has 1 N–H and O–H groups in total. The summed E-state index contributed by atoms with van der Waals surface area (Å²) in [7, 11) is 0. The van der Waals surface area contributed by atoms with Crippen molar-refractivity contribution >= 4 is 5.91 Å². The molecule has 2 heterocycles. The predicted octanol–water partition coefficient (Wildman–Crippen LogP) is 2.57. The van der Waals surface area contributed by atoms with E-state index in [9.17, 15) is 14.3 Å². The second kappa shape index (κ2) is 6.24. The molecule has 0 bridgehead atoms. The quantitative estimate of drug-likeness (QED) is 0.933. The van der Waals surface area contributed by atoms with Gasteiger partial charge in [-0.3, -0.25) is 4.79 Å². The third-order valence-corrected chi connectivity index (χ3v) is 5.44. The highest BCUT2D eigenvalue weighted by atomic mass is 19.1. The van der Waals surface area contributed by atoms with Crippen molar-refractivity contribution in [2.75, 3.05) is 32.9 Å². The van der Waals surface area contributed by atoms with Crippen LogP contribution in [0.4, 0.5) is 4.39 Å². The van der Waals surface area contributed by atoms with Crippen LogP contribution in [0.2, 0.25) is 0 Å². The van der Waals surface area contributed by atoms with Crippen LogP contribution in [0.15, 0.2) is 48.5 Å². The van der Waals surface area contributed by atoms with Crippen LogP contribution in [0, 0.1) is 17.2 Å². The van der Waals surface area contributed by atoms with Gasteiger partial charge in [0.25, 0.3) is 5.91 Å². The molecule has 2 aromatic carbocycles. The van der Waals surface area contributed by atoms with Gasteiger partial charge in [-0.05, 0) is 17.7 Å². The highest BCUT2D eigenvalue weighted by Crippen LogP contribution is 2.41. The molecule has 4 rings (SSSR count). The van der Waals surface area contributed by atoms with Crippen LogP contribution in [0.5, 0.6) is 0 Å². The number of aliphatic hydroxyl groups excluding tert-OH is 1. The number of benzene rings is 2. The molecule has 2 saturated heterocycles. The Morgan fingerprint density at radius 3 is 2.64 bits per heavy atom. The lowest BCUT2D eigenvalue weighted by Gasteiger charge is -2.24. The number of carbonyl (C=O) groups excluding carboxylic acids is 1. The zero-order chi connectivity index (χ0) is 17.4. The van der Waals surface area contributed by atoms with E-state index >= 15 is 0 Å². The van der Waals surface area contributed by atoms with Crippen LogP contribution in [0.3, 0.4) is 0 Å². The summed E-state index contributed by atoms with van der Waals surface area (Å²) >= 11 is 0. The first-order valence-electron chi connectivity index (χ1n) is 8.46. The number of fused-ring (bicyclic) bond motifs is 1. The second-order valence-electron chi connectivity index (χ2n) is 6.94. The maximum Gasteiger partial charge on any atom is 0.254 e. The van der Waals surface area contributed by atoms with Crippen LogP contribution in [-0.4, -0.2) is 48.8 Å². The SMILES string of the molecule is O=C(c1ccccc1-c1ccccc1F)N1C[C@H]2COC[C@@]2(CO)C1. The van der Waals surface area contributed by atoms with Crippen LogP contribution in [0.1, 0.15) is 10.4 Å². The van der Waals surface area contributed by atoms with E-state index in [4.69, 9.17) is 4.74 Å². The van der Waals surface area contributed by atoms with Gasteiger partial charge in [0, 0.05) is 35.5 Å². The van der Waals surface area contributed by atoms with Crippen molar-refractivity contribution in [3.05, 3.63) is 59.9 Å². The van der Waals surface area contributed by atoms with E-state index in [0.29, 0.717) is 43.0 Å². The van der Waals surface area contributed by atoms with Crippen molar-refractivity contribution in [1.82, 2.24) is 4.90 Å². The van der Waals surface area contributed by atoms with Gasteiger partial charge in [0.15, 0.2) is 0 Å². The van der Waals surface area contributed by atoms with E-state index in [1.165, 1.54) is 6.07 Å². The highest BCUT2D eigenvalue weighted by molar-refractivity contribution is 6.01. The number of rotatable bonds is 3. The Kier molecular flexibility index (Phi) is 4.06. The molecule has 4 nitrogen and oxygen atoms in total. The first kappa shape index (κ1) is 16.2. The van der Waals surface area contributed by atoms with Gasteiger partial charge in [-0.2, -0.15) is 0 Å². The molecule has 0 spiro atoms. The zero-order valence-corrected chi connectivity index (χ0v) is 13.8. The van der Waals surface area contributed by atoms with Crippen LogP contribution < -0.4 is 0 Å². The van der Waals surface area contributed by atoms with Crippen molar-refractivity contribution < 1.29 is 19.0 Å². The molecule has 5 heteroatoms. The van der Waals surface area contributed by atoms with E-state index in [-0.39, 0.29) is 29.7 Å². The summed E-state index contributed by atoms with van der Waals surface area (Å²) in [5, 5.41) is 9.80. The molecule has 130 valence electrons. The fourth-order valence-electron chi connectivity index (χ4n) is 3.96. The number of hydrogen-bond donors (Lipinski definition) is 1. The van der Waals surface area contributed by atoms with Crippen LogP contribution >= 0.6 is 0 Å². The number of ether oxygens (including phenoxy) is 1. The number of hydrogen-bond acceptors (Lipinski definition) is 3. The third kappa shape index (κ3) is 2.64. The number of nitrogens with zero attached hydrogens (tertiary/aromatic N) is 1. The van der Waals surface area contributed by atoms with Crippen LogP contribution in [-0.2, 0) is 4.74 Å². The lowest BCUT2D eigenvalue weighted by molar-refractivity contribution is 0.0631. The lowest BCUT2D eigenvalue weighted by Crippen LogP contribution is -2.36. The van der Waals surface area contributed by atoms with Gasteiger partial charge in [-0.15, -0.1) is 0 Å². The standard InChI is InChI=1S/C20H20FNO3/c21-18-8-4-3-6-16(18)15-5-1-2-7-17(15)19(24)22-9-14-10-25-13-20(14,11-22)12-23/h1-8,14,23H,9-13H2/t14-,20-/m0/s1. The lowest BCUT2D eigenvalue weighted by atomic mass is 9.82. The first-order chi connectivity index (χ1) is 12.1. The molecule has 0 radical (unpaired) electrons. The Bertz CT molecular complexity index is 809. The van der Waals surface area contributed by atoms with E-state index in [2.05, 4.69) is 0 Å². The number of amides is 1. The summed E-state index contributed by atoms with van der Waals surface area (Å²) in [6, 6.07) is 13.6. The minimum atomic E-state index is -0.359. The van der Waals surface area contributed by atoms with Gasteiger partial charge in [-0.1, -0.05) is 36.4 Å². The molecule has 2 fully saturated rings. The van der Waals surface area contributed by atoms with Crippen molar-refractivity contribution in [3.63, 3.8) is 0 Å². The van der Waals surface area contributed by atoms with Crippen molar-refractivity contribution in [1.29, 1.82) is 0 Å². The fourth-order valence-corrected chi connectivity index (χ4v) is 3.96. The van der Waals surface area contributed by atoms with Crippen molar-refractivity contribution in [3.8, 4) is 11.1 Å². The van der Waals surface area contributed by atoms with E-state index in [0.717, 1.165) is 0 Å². The topological polar surface area (TPSA) is 49.8 Å². The molecule has 2 atom stereocenters. The molecular weight excluding hydrogens is 321 g/mol. The normalized spacial score (nSPS) is 25.2. The number of carbonyl (C=O) groups is 1. The molecule has 0 aliphatic carbocycles. The monoisotopic (exact) mass is 341 g/mol. The van der Waals surface area contributed by atoms with E-state index < -0.39 is 0 Å². The molecule has 2 aliphatic rings. The summed E-state index contributed by atoms with van der Waals surface area (Å²) in [5.74, 6) is -0.315. The number of likely N-dealkylation sites (tertiary alicyclic amines) is 1. The van der Waals surface area contributed by atoms with E-state index in [1.54, 1.807) is 47.4 Å². The van der Waals surface area contributed by atoms with Crippen molar-refractivity contribution in [2.24, 2.45) is 11.3 Å². The summed E-state index contributed by atoms with van der Waals surface area (Å²) in [5.41, 5.74) is 1.15. The molecular formula is C20H20FNO3. The maximum absolute atomic E-state index is 14.2. The molecule has 1 amide bonds. The third-order valence-electron chi connectivity index (χ3n) is 5.44. The molecule has 2 aliphatic heterocycles. The van der Waals surface area contributed by atoms with Gasteiger partial charge >= 0.3 is 0 Å². The predicted molar refractivity (Wildman–Crippen MR) is 91.6 cm³/mol. The Morgan fingerprint density at radius 2 is 1.92 bits per heavy atom. The average molecular weight is 341 g/mol. The summed E-state index contributed by atoms with van der Waals surface area (Å²) in [6.07, 6.45) is 0. The summed E-state index contributed by atoms with van der Waals surface area (Å²) in [6.45, 7) is 2.09. The molecule has 0 saturated carbocycles. The molecule has 2 aromatic rings. The maximum atomic E-state index is 14.2. The Morgan fingerprint density at radius 1 is 1.20 bits per heavy atom. The second-order valence-corrected chi connectivity index (χ2v) is 6.94. The van der Waals surface area contributed by atoms with Gasteiger partial charge in [-0.25, -0.2) is 4.39 Å². The van der Waals surface area contributed by atoms with E-state index in [1.807, 2.05) is 0 Å². The fraction of sp³-hybridized carbons (Fsp3) is 0.350.